The van der Waals surface area contributed by atoms with Crippen molar-refractivity contribution in [3.05, 3.63) is 12.2 Å². The number of methoxy groups -OCH3 is 1. The molecule has 5 nitrogen and oxygen atoms in total. The first-order valence-corrected chi connectivity index (χ1v) is 4.41. The van der Waals surface area contributed by atoms with E-state index in [1.165, 1.54) is 0 Å². The molecule has 1 unspecified atom stereocenters. The first-order valence-electron chi connectivity index (χ1n) is 4.41. The van der Waals surface area contributed by atoms with Gasteiger partial charge in [-0.1, -0.05) is 0 Å². The summed E-state index contributed by atoms with van der Waals surface area (Å²) in [6.07, 6.45) is 2.47. The third-order valence-corrected chi connectivity index (χ3v) is 1.95. The van der Waals surface area contributed by atoms with Gasteiger partial charge in [0.1, 0.15) is 12.2 Å². The molecule has 0 bridgehead atoms. The average molecular weight is 184 g/mol. The van der Waals surface area contributed by atoms with Crippen molar-refractivity contribution in [1.82, 2.24) is 14.8 Å². The van der Waals surface area contributed by atoms with E-state index >= 15 is 0 Å². The van der Waals surface area contributed by atoms with E-state index in [2.05, 4.69) is 10.2 Å². The molecule has 0 aromatic carbocycles. The molecule has 0 spiro atoms. The second-order valence-corrected chi connectivity index (χ2v) is 2.86. The van der Waals surface area contributed by atoms with Crippen molar-refractivity contribution in [2.75, 3.05) is 13.7 Å². The molecule has 0 fully saturated rings. The van der Waals surface area contributed by atoms with E-state index in [0.29, 0.717) is 6.61 Å². The van der Waals surface area contributed by atoms with Crippen LogP contribution in [0.15, 0.2) is 6.33 Å². The molecule has 74 valence electrons. The maximum atomic E-state index is 5.90. The highest BCUT2D eigenvalue weighted by Crippen LogP contribution is 2.10. The molecule has 0 saturated heterocycles. The van der Waals surface area contributed by atoms with Crippen LogP contribution in [-0.2, 0) is 11.3 Å². The van der Waals surface area contributed by atoms with Crippen LogP contribution in [0, 0.1) is 0 Å². The van der Waals surface area contributed by atoms with Crippen molar-refractivity contribution >= 4 is 0 Å². The number of hydrogen-bond acceptors (Lipinski definition) is 4. The zero-order valence-electron chi connectivity index (χ0n) is 8.10. The molecule has 0 radical (unpaired) electrons. The van der Waals surface area contributed by atoms with Crippen LogP contribution in [0.5, 0.6) is 0 Å². The molecule has 1 heterocycles. The van der Waals surface area contributed by atoms with Gasteiger partial charge in [-0.2, -0.15) is 0 Å². The standard InChI is InChI=1S/C8H16N4O/c1-3-12-6-10-11-8(12)7(9)4-5-13-2/h6-7H,3-5,9H2,1-2H3. The first kappa shape index (κ1) is 10.1. The lowest BCUT2D eigenvalue weighted by molar-refractivity contribution is 0.186. The number of aromatic nitrogens is 3. The molecular weight excluding hydrogens is 168 g/mol. The van der Waals surface area contributed by atoms with Gasteiger partial charge in [-0.3, -0.25) is 0 Å². The van der Waals surface area contributed by atoms with Crippen LogP contribution >= 0.6 is 0 Å². The summed E-state index contributed by atoms with van der Waals surface area (Å²) < 4.78 is 6.89. The number of hydrogen-bond donors (Lipinski definition) is 1. The molecule has 0 aliphatic carbocycles. The predicted molar refractivity (Wildman–Crippen MR) is 49.1 cm³/mol. The van der Waals surface area contributed by atoms with Crippen LogP contribution in [0.4, 0.5) is 0 Å². The summed E-state index contributed by atoms with van der Waals surface area (Å²) in [7, 11) is 1.66. The Bertz CT molecular complexity index is 248. The van der Waals surface area contributed by atoms with Crippen LogP contribution in [-0.4, -0.2) is 28.5 Å². The predicted octanol–water partition coefficient (Wildman–Crippen LogP) is 0.334. The second kappa shape index (κ2) is 4.94. The Labute approximate surface area is 77.9 Å². The van der Waals surface area contributed by atoms with E-state index in [-0.39, 0.29) is 6.04 Å². The van der Waals surface area contributed by atoms with Gasteiger partial charge in [0.2, 0.25) is 0 Å². The number of rotatable bonds is 5. The molecule has 0 amide bonds. The summed E-state index contributed by atoms with van der Waals surface area (Å²) in [4.78, 5) is 0. The monoisotopic (exact) mass is 184 g/mol. The van der Waals surface area contributed by atoms with E-state index < -0.39 is 0 Å². The molecule has 2 N–H and O–H groups in total. The van der Waals surface area contributed by atoms with Crippen molar-refractivity contribution in [2.45, 2.75) is 25.9 Å². The highest BCUT2D eigenvalue weighted by atomic mass is 16.5. The molecule has 0 aliphatic rings. The quantitative estimate of drug-likeness (QED) is 0.716. The minimum absolute atomic E-state index is 0.0811. The largest absolute Gasteiger partial charge is 0.385 e. The van der Waals surface area contributed by atoms with Crippen molar-refractivity contribution in [1.29, 1.82) is 0 Å². The fraction of sp³-hybridized carbons (Fsp3) is 0.750. The highest BCUT2D eigenvalue weighted by Gasteiger charge is 2.11. The van der Waals surface area contributed by atoms with Crippen molar-refractivity contribution < 1.29 is 4.74 Å². The topological polar surface area (TPSA) is 66.0 Å². The summed E-state index contributed by atoms with van der Waals surface area (Å²) in [6, 6.07) is -0.0811. The lowest BCUT2D eigenvalue weighted by atomic mass is 10.2. The Morgan fingerprint density at radius 3 is 3.08 bits per heavy atom. The normalized spacial score (nSPS) is 13.2. The molecule has 13 heavy (non-hydrogen) atoms. The number of ether oxygens (including phenoxy) is 1. The third-order valence-electron chi connectivity index (χ3n) is 1.95. The lowest BCUT2D eigenvalue weighted by Crippen LogP contribution is -2.17. The van der Waals surface area contributed by atoms with Crippen LogP contribution in [0.2, 0.25) is 0 Å². The molecule has 0 saturated carbocycles. The summed E-state index contributed by atoms with van der Waals surface area (Å²) in [6.45, 7) is 3.54. The zero-order chi connectivity index (χ0) is 9.68. The number of nitrogens with two attached hydrogens (primary N) is 1. The number of aryl methyl sites for hydroxylation is 1. The third kappa shape index (κ3) is 2.50. The molecule has 1 aromatic heterocycles. The molecule has 1 atom stereocenters. The first-order chi connectivity index (χ1) is 6.29. The Hall–Kier alpha value is -0.940. The van der Waals surface area contributed by atoms with Crippen molar-refractivity contribution in [2.24, 2.45) is 5.73 Å². The Kier molecular flexibility index (Phi) is 3.85. The van der Waals surface area contributed by atoms with Crippen LogP contribution in [0.1, 0.15) is 25.2 Å². The smallest absolute Gasteiger partial charge is 0.149 e. The summed E-state index contributed by atoms with van der Waals surface area (Å²) in [5, 5.41) is 7.79. The minimum Gasteiger partial charge on any atom is -0.385 e. The van der Waals surface area contributed by atoms with Crippen LogP contribution in [0.25, 0.3) is 0 Å². The fourth-order valence-corrected chi connectivity index (χ4v) is 1.17. The maximum Gasteiger partial charge on any atom is 0.149 e. The summed E-state index contributed by atoms with van der Waals surface area (Å²) >= 11 is 0. The minimum atomic E-state index is -0.0811. The average Bonchev–Trinajstić information content (AvgIpc) is 2.61. The summed E-state index contributed by atoms with van der Waals surface area (Å²) in [5.41, 5.74) is 5.90. The Morgan fingerprint density at radius 1 is 1.69 bits per heavy atom. The van der Waals surface area contributed by atoms with Crippen molar-refractivity contribution in [3.8, 4) is 0 Å². The number of nitrogens with zero attached hydrogens (tertiary/aromatic N) is 3. The summed E-state index contributed by atoms with van der Waals surface area (Å²) in [5.74, 6) is 0.833. The maximum absolute atomic E-state index is 5.90. The van der Waals surface area contributed by atoms with E-state index in [1.807, 2.05) is 11.5 Å². The van der Waals surface area contributed by atoms with Gasteiger partial charge in [-0.15, -0.1) is 10.2 Å². The molecule has 5 heteroatoms. The SMILES string of the molecule is CCn1cnnc1C(N)CCOC. The molecule has 1 rings (SSSR count). The molecule has 0 aliphatic heterocycles. The molecule has 1 aromatic rings. The van der Waals surface area contributed by atoms with Gasteiger partial charge in [0.15, 0.2) is 0 Å². The highest BCUT2D eigenvalue weighted by molar-refractivity contribution is 4.93. The van der Waals surface area contributed by atoms with Crippen molar-refractivity contribution in [3.63, 3.8) is 0 Å². The van der Waals surface area contributed by atoms with Gasteiger partial charge >= 0.3 is 0 Å². The second-order valence-electron chi connectivity index (χ2n) is 2.86. The van der Waals surface area contributed by atoms with E-state index in [4.69, 9.17) is 10.5 Å². The molecular formula is C8H16N4O. The van der Waals surface area contributed by atoms with Crippen LogP contribution in [0.3, 0.4) is 0 Å². The van der Waals surface area contributed by atoms with Gasteiger partial charge in [0, 0.05) is 20.3 Å². The zero-order valence-corrected chi connectivity index (χ0v) is 8.10. The van der Waals surface area contributed by atoms with Crippen LogP contribution < -0.4 is 5.73 Å². The van der Waals surface area contributed by atoms with Gasteiger partial charge in [-0.05, 0) is 13.3 Å². The van der Waals surface area contributed by atoms with E-state index in [1.54, 1.807) is 13.4 Å². The van der Waals surface area contributed by atoms with Gasteiger partial charge in [0.05, 0.1) is 6.04 Å². The lowest BCUT2D eigenvalue weighted by Gasteiger charge is -2.10. The Balaban J connectivity index is 2.59. The van der Waals surface area contributed by atoms with Gasteiger partial charge in [0.25, 0.3) is 0 Å². The van der Waals surface area contributed by atoms with E-state index in [9.17, 15) is 0 Å². The van der Waals surface area contributed by atoms with E-state index in [0.717, 1.165) is 18.8 Å². The Morgan fingerprint density at radius 2 is 2.46 bits per heavy atom. The van der Waals surface area contributed by atoms with Gasteiger partial charge in [-0.25, -0.2) is 0 Å². The fourth-order valence-electron chi connectivity index (χ4n) is 1.17. The van der Waals surface area contributed by atoms with Gasteiger partial charge < -0.3 is 15.0 Å².